The van der Waals surface area contributed by atoms with Crippen molar-refractivity contribution in [3.63, 3.8) is 0 Å². The molecule has 0 radical (unpaired) electrons. The Bertz CT molecular complexity index is 185. The van der Waals surface area contributed by atoms with Gasteiger partial charge in [-0.25, -0.2) is 0 Å². The maximum Gasteiger partial charge on any atom is -0.0326 e. The second kappa shape index (κ2) is 1.53. The van der Waals surface area contributed by atoms with E-state index in [0.717, 1.165) is 0 Å². The van der Waals surface area contributed by atoms with Crippen molar-refractivity contribution in [1.82, 2.24) is 0 Å². The van der Waals surface area contributed by atoms with E-state index < -0.39 is 0 Å². The zero-order chi connectivity index (χ0) is 7.00. The highest BCUT2D eigenvalue weighted by atomic mass is 14.6. The first-order valence-corrected chi connectivity index (χ1v) is 5.42. The minimum atomic E-state index is 1.19. The van der Waals surface area contributed by atoms with Crippen LogP contribution in [0.15, 0.2) is 0 Å². The summed E-state index contributed by atoms with van der Waals surface area (Å²) in [6.07, 6.45) is 8.19. The van der Waals surface area contributed by atoms with Crippen molar-refractivity contribution >= 4 is 0 Å². The van der Waals surface area contributed by atoms with Crippen LogP contribution in [0.1, 0.15) is 32.1 Å². The second-order valence-electron chi connectivity index (χ2n) is 5.57. The van der Waals surface area contributed by atoms with Crippen molar-refractivity contribution in [1.29, 1.82) is 0 Å². The predicted octanol–water partition coefficient (Wildman–Crippen LogP) is 2.69. The average Bonchev–Trinajstić information content (AvgIpc) is 2.37. The molecule has 0 spiro atoms. The predicted molar refractivity (Wildman–Crippen MR) is 44.0 cm³/mol. The maximum atomic E-state index is 1.64. The van der Waals surface area contributed by atoms with Gasteiger partial charge >= 0.3 is 0 Å². The van der Waals surface area contributed by atoms with Crippen molar-refractivity contribution in [3.8, 4) is 0 Å². The zero-order valence-electron chi connectivity index (χ0n) is 7.00. The van der Waals surface area contributed by atoms with Crippen LogP contribution in [0.5, 0.6) is 0 Å². The Kier molecular flexibility index (Phi) is 0.781. The third-order valence-electron chi connectivity index (χ3n) is 5.28. The average molecular weight is 148 g/mol. The molecule has 0 nitrogen and oxygen atoms in total. The van der Waals surface area contributed by atoms with E-state index in [1.807, 2.05) is 0 Å². The second-order valence-corrected chi connectivity index (χ2v) is 5.57. The van der Waals surface area contributed by atoms with Gasteiger partial charge in [-0.15, -0.1) is 0 Å². The van der Waals surface area contributed by atoms with E-state index >= 15 is 0 Å². The molecule has 6 bridgehead atoms. The molecule has 0 amide bonds. The van der Waals surface area contributed by atoms with Crippen molar-refractivity contribution < 1.29 is 0 Å². The Labute approximate surface area is 68.4 Å². The van der Waals surface area contributed by atoms with E-state index in [0.29, 0.717) is 0 Å². The minimum Gasteiger partial charge on any atom is -0.0473 e. The van der Waals surface area contributed by atoms with Crippen LogP contribution < -0.4 is 0 Å². The quantitative estimate of drug-likeness (QED) is 0.495. The monoisotopic (exact) mass is 148 g/mol. The van der Waals surface area contributed by atoms with Gasteiger partial charge in [0.05, 0.1) is 0 Å². The molecule has 3 atom stereocenters. The van der Waals surface area contributed by atoms with Crippen molar-refractivity contribution in [2.24, 2.45) is 35.5 Å². The molecule has 5 rings (SSSR count). The van der Waals surface area contributed by atoms with E-state index in [2.05, 4.69) is 0 Å². The molecule has 5 aliphatic rings. The molecule has 0 aromatic carbocycles. The molecule has 0 aromatic rings. The van der Waals surface area contributed by atoms with Crippen LogP contribution >= 0.6 is 0 Å². The standard InChI is InChI=1S/C11H16/c1-6-2-9-5-7-4-8(1)11(9)10(7)3-6/h6-11H,1-5H2. The normalized spacial score (nSPS) is 69.8. The smallest absolute Gasteiger partial charge is 0.0326 e. The molecule has 5 aliphatic carbocycles. The summed E-state index contributed by atoms with van der Waals surface area (Å²) >= 11 is 0. The molecule has 11 heavy (non-hydrogen) atoms. The van der Waals surface area contributed by atoms with Crippen molar-refractivity contribution in [2.45, 2.75) is 32.1 Å². The third-order valence-corrected chi connectivity index (χ3v) is 5.28. The van der Waals surface area contributed by atoms with Crippen molar-refractivity contribution in [2.75, 3.05) is 0 Å². The Hall–Kier alpha value is 0. The first kappa shape index (κ1) is 5.61. The highest BCUT2D eigenvalue weighted by Gasteiger charge is 2.59. The van der Waals surface area contributed by atoms with E-state index in [-0.39, 0.29) is 0 Å². The molecule has 0 N–H and O–H groups in total. The van der Waals surface area contributed by atoms with Gasteiger partial charge in [0, 0.05) is 0 Å². The van der Waals surface area contributed by atoms with Gasteiger partial charge in [-0.2, -0.15) is 0 Å². The van der Waals surface area contributed by atoms with Gasteiger partial charge in [-0.1, -0.05) is 0 Å². The molecule has 5 fully saturated rings. The van der Waals surface area contributed by atoms with Gasteiger partial charge in [-0.3, -0.25) is 0 Å². The van der Waals surface area contributed by atoms with Crippen LogP contribution in [0.25, 0.3) is 0 Å². The molecular formula is C11H16. The summed E-state index contributed by atoms with van der Waals surface area (Å²) < 4.78 is 0. The van der Waals surface area contributed by atoms with E-state index in [9.17, 15) is 0 Å². The molecule has 0 aliphatic heterocycles. The van der Waals surface area contributed by atoms with Crippen LogP contribution in [0.2, 0.25) is 0 Å². The largest absolute Gasteiger partial charge is 0.0473 e. The summed E-state index contributed by atoms with van der Waals surface area (Å²) in [5, 5.41) is 0. The molecule has 60 valence electrons. The van der Waals surface area contributed by atoms with E-state index in [1.165, 1.54) is 35.5 Å². The molecule has 0 aromatic heterocycles. The first-order valence-electron chi connectivity index (χ1n) is 5.42. The SMILES string of the molecule is C1C2CC3CC4CC1C3C4C2. The Balaban J connectivity index is 1.90. The van der Waals surface area contributed by atoms with Crippen molar-refractivity contribution in [3.05, 3.63) is 0 Å². The van der Waals surface area contributed by atoms with Gasteiger partial charge < -0.3 is 0 Å². The topological polar surface area (TPSA) is 0 Å². The van der Waals surface area contributed by atoms with Gasteiger partial charge in [0.25, 0.3) is 0 Å². The van der Waals surface area contributed by atoms with Gasteiger partial charge in [0.15, 0.2) is 0 Å². The molecule has 0 heteroatoms. The fourth-order valence-electron chi connectivity index (χ4n) is 5.32. The molecule has 5 saturated carbocycles. The van der Waals surface area contributed by atoms with Crippen LogP contribution in [0, 0.1) is 35.5 Å². The van der Waals surface area contributed by atoms with Crippen LogP contribution in [0.4, 0.5) is 0 Å². The lowest BCUT2D eigenvalue weighted by Gasteiger charge is -2.45. The fourth-order valence-corrected chi connectivity index (χ4v) is 5.32. The lowest BCUT2D eigenvalue weighted by Crippen LogP contribution is -2.36. The summed E-state index contributed by atoms with van der Waals surface area (Å²) in [6, 6.07) is 0. The van der Waals surface area contributed by atoms with Crippen LogP contribution in [-0.4, -0.2) is 0 Å². The Morgan fingerprint density at radius 1 is 0.636 bits per heavy atom. The summed E-state index contributed by atoms with van der Waals surface area (Å²) in [7, 11) is 0. The number of hydrogen-bond acceptors (Lipinski definition) is 0. The summed E-state index contributed by atoms with van der Waals surface area (Å²) in [4.78, 5) is 0. The van der Waals surface area contributed by atoms with E-state index in [1.54, 1.807) is 32.1 Å². The maximum absolute atomic E-state index is 1.64. The highest BCUT2D eigenvalue weighted by Crippen LogP contribution is 2.68. The lowest BCUT2D eigenvalue weighted by atomic mass is 9.61. The van der Waals surface area contributed by atoms with E-state index in [4.69, 9.17) is 0 Å². The van der Waals surface area contributed by atoms with Crippen LogP contribution in [-0.2, 0) is 0 Å². The minimum absolute atomic E-state index is 1.19. The summed E-state index contributed by atoms with van der Waals surface area (Å²) in [5.41, 5.74) is 0. The molecule has 0 heterocycles. The summed E-state index contributed by atoms with van der Waals surface area (Å²) in [6.45, 7) is 0. The van der Waals surface area contributed by atoms with Gasteiger partial charge in [0.1, 0.15) is 0 Å². The Morgan fingerprint density at radius 3 is 1.91 bits per heavy atom. The fraction of sp³-hybridized carbons (Fsp3) is 1.00. The highest BCUT2D eigenvalue weighted by molar-refractivity contribution is 5.09. The molecular weight excluding hydrogens is 132 g/mol. The molecule has 0 saturated heterocycles. The Morgan fingerprint density at radius 2 is 1.36 bits per heavy atom. The number of rotatable bonds is 0. The van der Waals surface area contributed by atoms with Crippen LogP contribution in [0.3, 0.4) is 0 Å². The number of hydrogen-bond donors (Lipinski definition) is 0. The first-order chi connectivity index (χ1) is 5.42. The zero-order valence-corrected chi connectivity index (χ0v) is 7.00. The third kappa shape index (κ3) is 0.494. The lowest BCUT2D eigenvalue weighted by molar-refractivity contribution is 0.0495. The molecule has 3 unspecified atom stereocenters. The summed E-state index contributed by atoms with van der Waals surface area (Å²) in [5.74, 6) is 7.31. The van der Waals surface area contributed by atoms with Gasteiger partial charge in [0.2, 0.25) is 0 Å². The van der Waals surface area contributed by atoms with Gasteiger partial charge in [-0.05, 0) is 67.6 Å².